The van der Waals surface area contributed by atoms with Gasteiger partial charge in [0.2, 0.25) is 0 Å². The molecule has 0 amide bonds. The smallest absolute Gasteiger partial charge is 0.0695 e. The van der Waals surface area contributed by atoms with E-state index in [1.165, 1.54) is 29.3 Å². The lowest BCUT2D eigenvalue weighted by molar-refractivity contribution is -0.00329. The van der Waals surface area contributed by atoms with Crippen molar-refractivity contribution in [2.75, 3.05) is 32.7 Å². The van der Waals surface area contributed by atoms with Crippen LogP contribution in [-0.4, -0.2) is 59.8 Å². The van der Waals surface area contributed by atoms with Crippen molar-refractivity contribution in [3.05, 3.63) is 34.3 Å². The number of piperazine rings is 1. The van der Waals surface area contributed by atoms with Crippen molar-refractivity contribution in [3.8, 4) is 0 Å². The summed E-state index contributed by atoms with van der Waals surface area (Å²) < 4.78 is 1.17. The normalized spacial score (nSPS) is 27.9. The summed E-state index contributed by atoms with van der Waals surface area (Å²) in [6.07, 6.45) is 5.68. The highest BCUT2D eigenvalue weighted by molar-refractivity contribution is 9.10. The molecule has 22 heavy (non-hydrogen) atoms. The van der Waals surface area contributed by atoms with Crippen LogP contribution < -0.4 is 0 Å². The monoisotopic (exact) mass is 366 g/mol. The average molecular weight is 367 g/mol. The third kappa shape index (κ3) is 4.31. The molecule has 2 atom stereocenters. The fourth-order valence-electron chi connectivity index (χ4n) is 3.82. The highest BCUT2D eigenvalue weighted by Crippen LogP contribution is 2.24. The van der Waals surface area contributed by atoms with Crippen molar-refractivity contribution in [2.45, 2.75) is 44.2 Å². The van der Waals surface area contributed by atoms with Crippen molar-refractivity contribution in [2.24, 2.45) is 0 Å². The third-order valence-electron chi connectivity index (χ3n) is 5.18. The highest BCUT2D eigenvalue weighted by Gasteiger charge is 2.30. The van der Waals surface area contributed by atoms with Gasteiger partial charge in [-0.1, -0.05) is 40.9 Å². The summed E-state index contributed by atoms with van der Waals surface area (Å²) in [4.78, 5) is 5.09. The molecule has 1 aliphatic carbocycles. The Morgan fingerprint density at radius 2 is 1.86 bits per heavy atom. The SMILES string of the molecule is O[C@H]1CCCC[C@@H]1N1CCN(CCc2cccc(Br)c2)CC1. The van der Waals surface area contributed by atoms with Gasteiger partial charge in [0.15, 0.2) is 0 Å². The predicted octanol–water partition coefficient (Wildman–Crippen LogP) is 2.91. The molecule has 0 aromatic heterocycles. The molecular formula is C18H27BrN2O. The first kappa shape index (κ1) is 16.4. The van der Waals surface area contributed by atoms with Crippen molar-refractivity contribution in [1.82, 2.24) is 9.80 Å². The fraction of sp³-hybridized carbons (Fsp3) is 0.667. The van der Waals surface area contributed by atoms with Gasteiger partial charge in [-0.25, -0.2) is 0 Å². The standard InChI is InChI=1S/C18H27BrN2O/c19-16-5-3-4-15(14-16)8-9-20-10-12-21(13-11-20)17-6-1-2-7-18(17)22/h3-5,14,17-18,22H,1-2,6-13H2/t17-,18-/m0/s1. The molecule has 1 N–H and O–H groups in total. The summed E-state index contributed by atoms with van der Waals surface area (Å²) >= 11 is 3.54. The molecule has 0 radical (unpaired) electrons. The first-order valence-corrected chi connectivity index (χ1v) is 9.40. The summed E-state index contributed by atoms with van der Waals surface area (Å²) in [6.45, 7) is 5.63. The molecule has 3 rings (SSSR count). The second kappa shape index (κ2) is 7.91. The molecule has 1 aromatic carbocycles. The Bertz CT molecular complexity index is 474. The number of hydrogen-bond acceptors (Lipinski definition) is 3. The number of benzene rings is 1. The number of halogens is 1. The number of hydrogen-bond donors (Lipinski definition) is 1. The van der Waals surface area contributed by atoms with Gasteiger partial charge in [0, 0.05) is 43.2 Å². The van der Waals surface area contributed by atoms with E-state index in [1.54, 1.807) is 0 Å². The second-order valence-corrected chi connectivity index (χ2v) is 7.59. The topological polar surface area (TPSA) is 26.7 Å². The van der Waals surface area contributed by atoms with E-state index in [2.05, 4.69) is 50.0 Å². The van der Waals surface area contributed by atoms with E-state index in [4.69, 9.17) is 0 Å². The van der Waals surface area contributed by atoms with Crippen LogP contribution in [0.15, 0.2) is 28.7 Å². The van der Waals surface area contributed by atoms with Crippen molar-refractivity contribution in [3.63, 3.8) is 0 Å². The lowest BCUT2D eigenvalue weighted by Gasteiger charge is -2.42. The van der Waals surface area contributed by atoms with Gasteiger partial charge < -0.3 is 10.0 Å². The maximum atomic E-state index is 10.2. The van der Waals surface area contributed by atoms with Crippen LogP contribution in [-0.2, 0) is 6.42 Å². The van der Waals surface area contributed by atoms with Crippen LogP contribution >= 0.6 is 15.9 Å². The minimum Gasteiger partial charge on any atom is -0.391 e. The predicted molar refractivity (Wildman–Crippen MR) is 94.1 cm³/mol. The van der Waals surface area contributed by atoms with Gasteiger partial charge >= 0.3 is 0 Å². The first-order chi connectivity index (χ1) is 10.7. The molecule has 1 saturated carbocycles. The summed E-state index contributed by atoms with van der Waals surface area (Å²) in [5, 5.41) is 10.2. The number of rotatable bonds is 4. The van der Waals surface area contributed by atoms with E-state index in [-0.39, 0.29) is 6.10 Å². The van der Waals surface area contributed by atoms with Gasteiger partial charge in [-0.3, -0.25) is 4.90 Å². The number of aliphatic hydroxyl groups excluding tert-OH is 1. The van der Waals surface area contributed by atoms with Crippen molar-refractivity contribution in [1.29, 1.82) is 0 Å². The van der Waals surface area contributed by atoms with Gasteiger partial charge in [0.05, 0.1) is 6.10 Å². The van der Waals surface area contributed by atoms with Gasteiger partial charge in [-0.15, -0.1) is 0 Å². The molecular weight excluding hydrogens is 340 g/mol. The Kier molecular flexibility index (Phi) is 5.91. The minimum absolute atomic E-state index is 0.0954. The molecule has 1 aliphatic heterocycles. The van der Waals surface area contributed by atoms with E-state index in [0.29, 0.717) is 6.04 Å². The molecule has 2 fully saturated rings. The van der Waals surface area contributed by atoms with E-state index in [9.17, 15) is 5.11 Å². The Morgan fingerprint density at radius 1 is 1.09 bits per heavy atom. The van der Waals surface area contributed by atoms with Crippen molar-refractivity contribution < 1.29 is 5.11 Å². The zero-order chi connectivity index (χ0) is 15.4. The van der Waals surface area contributed by atoms with Gasteiger partial charge in [0.1, 0.15) is 0 Å². The van der Waals surface area contributed by atoms with Crippen LogP contribution in [0.25, 0.3) is 0 Å². The van der Waals surface area contributed by atoms with Crippen LogP contribution in [0.5, 0.6) is 0 Å². The summed E-state index contributed by atoms with van der Waals surface area (Å²) in [5.74, 6) is 0. The quantitative estimate of drug-likeness (QED) is 0.887. The molecule has 2 aliphatic rings. The van der Waals surface area contributed by atoms with E-state index in [1.807, 2.05) is 0 Å². The lowest BCUT2D eigenvalue weighted by atomic mass is 9.91. The number of aliphatic hydroxyl groups is 1. The first-order valence-electron chi connectivity index (χ1n) is 8.61. The summed E-state index contributed by atoms with van der Waals surface area (Å²) in [5.41, 5.74) is 1.40. The Morgan fingerprint density at radius 3 is 2.59 bits per heavy atom. The second-order valence-electron chi connectivity index (χ2n) is 6.68. The fourth-order valence-corrected chi connectivity index (χ4v) is 4.26. The number of nitrogens with zero attached hydrogens (tertiary/aromatic N) is 2. The lowest BCUT2D eigenvalue weighted by Crippen LogP contribution is -2.54. The maximum absolute atomic E-state index is 10.2. The van der Waals surface area contributed by atoms with Crippen LogP contribution in [0.1, 0.15) is 31.2 Å². The zero-order valence-electron chi connectivity index (χ0n) is 13.3. The van der Waals surface area contributed by atoms with Gasteiger partial charge in [-0.2, -0.15) is 0 Å². The largest absolute Gasteiger partial charge is 0.391 e. The summed E-state index contributed by atoms with van der Waals surface area (Å²) in [7, 11) is 0. The van der Waals surface area contributed by atoms with Crippen LogP contribution in [0.4, 0.5) is 0 Å². The molecule has 1 saturated heterocycles. The molecule has 0 bridgehead atoms. The van der Waals surface area contributed by atoms with Crippen LogP contribution in [0, 0.1) is 0 Å². The van der Waals surface area contributed by atoms with E-state index in [0.717, 1.165) is 45.6 Å². The molecule has 0 unspecified atom stereocenters. The zero-order valence-corrected chi connectivity index (χ0v) is 14.8. The Labute approximate surface area is 142 Å². The highest BCUT2D eigenvalue weighted by atomic mass is 79.9. The Hall–Kier alpha value is -0.420. The molecule has 3 nitrogen and oxygen atoms in total. The third-order valence-corrected chi connectivity index (χ3v) is 5.67. The van der Waals surface area contributed by atoms with Crippen molar-refractivity contribution >= 4 is 15.9 Å². The molecule has 122 valence electrons. The summed E-state index contributed by atoms with van der Waals surface area (Å²) in [6, 6.07) is 9.04. The van der Waals surface area contributed by atoms with Crippen LogP contribution in [0.2, 0.25) is 0 Å². The molecule has 0 spiro atoms. The van der Waals surface area contributed by atoms with E-state index < -0.39 is 0 Å². The molecule has 1 aromatic rings. The minimum atomic E-state index is -0.0954. The Balaban J connectivity index is 1.43. The molecule has 1 heterocycles. The van der Waals surface area contributed by atoms with Crippen LogP contribution in [0.3, 0.4) is 0 Å². The molecule has 4 heteroatoms. The van der Waals surface area contributed by atoms with Gasteiger partial charge in [-0.05, 0) is 37.0 Å². The maximum Gasteiger partial charge on any atom is 0.0695 e. The average Bonchev–Trinajstić information content (AvgIpc) is 2.54. The van der Waals surface area contributed by atoms with E-state index >= 15 is 0 Å². The van der Waals surface area contributed by atoms with Gasteiger partial charge in [0.25, 0.3) is 0 Å².